The van der Waals surface area contributed by atoms with Crippen LogP contribution in [0.25, 0.3) is 10.8 Å². The molecular formula is C20H25N3O3. The molecule has 2 fully saturated rings. The van der Waals surface area contributed by atoms with E-state index < -0.39 is 5.91 Å². The predicted molar refractivity (Wildman–Crippen MR) is 99.5 cm³/mol. The highest BCUT2D eigenvalue weighted by molar-refractivity contribution is 6.01. The lowest BCUT2D eigenvalue weighted by Crippen LogP contribution is -2.26. The van der Waals surface area contributed by atoms with Gasteiger partial charge in [-0.05, 0) is 62.7 Å². The average Bonchev–Trinajstić information content (AvgIpc) is 3.19. The third kappa shape index (κ3) is 3.09. The minimum Gasteiger partial charge on any atom is -0.490 e. The fourth-order valence-electron chi connectivity index (χ4n) is 4.20. The number of nitrogens with one attached hydrogen (secondary N) is 1. The van der Waals surface area contributed by atoms with Gasteiger partial charge in [-0.15, -0.1) is 0 Å². The second-order valence-corrected chi connectivity index (χ2v) is 7.53. The average molecular weight is 355 g/mol. The fourth-order valence-corrected chi connectivity index (χ4v) is 4.20. The van der Waals surface area contributed by atoms with Crippen molar-refractivity contribution in [2.75, 3.05) is 13.1 Å². The number of nitrogens with zero attached hydrogens (tertiary/aromatic N) is 1. The van der Waals surface area contributed by atoms with Gasteiger partial charge in [0.1, 0.15) is 11.9 Å². The van der Waals surface area contributed by atoms with Crippen molar-refractivity contribution in [1.29, 1.82) is 0 Å². The minimum absolute atomic E-state index is 0.0632. The van der Waals surface area contributed by atoms with Gasteiger partial charge in [-0.1, -0.05) is 0 Å². The molecule has 1 aliphatic heterocycles. The van der Waals surface area contributed by atoms with Crippen LogP contribution in [0.4, 0.5) is 0 Å². The number of fused-ring (bicyclic) bond motifs is 2. The van der Waals surface area contributed by atoms with Gasteiger partial charge in [-0.2, -0.15) is 0 Å². The molecule has 3 N–H and O–H groups in total. The van der Waals surface area contributed by atoms with E-state index in [1.807, 2.05) is 26.0 Å². The summed E-state index contributed by atoms with van der Waals surface area (Å²) in [5.41, 5.74) is 5.92. The zero-order chi connectivity index (χ0) is 18.3. The Kier molecular flexibility index (Phi) is 4.44. The van der Waals surface area contributed by atoms with Crippen LogP contribution in [-0.2, 0) is 0 Å². The highest BCUT2D eigenvalue weighted by Crippen LogP contribution is 2.38. The number of carbonyl (C=O) groups is 1. The normalized spacial score (nSPS) is 24.8. The van der Waals surface area contributed by atoms with Gasteiger partial charge in [0, 0.05) is 24.0 Å². The van der Waals surface area contributed by atoms with Crippen LogP contribution in [0.1, 0.15) is 37.0 Å². The van der Waals surface area contributed by atoms with E-state index in [4.69, 9.17) is 15.2 Å². The third-order valence-electron chi connectivity index (χ3n) is 5.41. The fraction of sp³-hybridized carbons (Fsp3) is 0.500. The number of aromatic nitrogens is 1. The SMILES string of the molecule is CC(C)Oc1cc2c(OC3CCC4CNCC43)nccc2cc1C(N)=O. The quantitative estimate of drug-likeness (QED) is 0.860. The molecule has 1 aliphatic carbocycles. The molecule has 0 bridgehead atoms. The monoisotopic (exact) mass is 355 g/mol. The molecule has 3 atom stereocenters. The first-order valence-corrected chi connectivity index (χ1v) is 9.29. The number of ether oxygens (including phenoxy) is 2. The Bertz CT molecular complexity index is 836. The number of carbonyl (C=O) groups excluding carboxylic acids is 1. The van der Waals surface area contributed by atoms with E-state index in [0.717, 1.165) is 30.3 Å². The van der Waals surface area contributed by atoms with Crippen molar-refractivity contribution in [1.82, 2.24) is 10.3 Å². The van der Waals surface area contributed by atoms with Gasteiger partial charge in [0.15, 0.2) is 0 Å². The summed E-state index contributed by atoms with van der Waals surface area (Å²) in [5.74, 6) is 1.83. The van der Waals surface area contributed by atoms with Crippen LogP contribution in [0, 0.1) is 11.8 Å². The van der Waals surface area contributed by atoms with E-state index in [1.165, 1.54) is 6.42 Å². The lowest BCUT2D eigenvalue weighted by atomic mass is 9.99. The Hall–Kier alpha value is -2.34. The Morgan fingerprint density at radius 1 is 1.31 bits per heavy atom. The van der Waals surface area contributed by atoms with Crippen molar-refractivity contribution in [3.05, 3.63) is 30.0 Å². The summed E-state index contributed by atoms with van der Waals surface area (Å²) in [6.07, 6.45) is 4.08. The number of benzene rings is 1. The first-order chi connectivity index (χ1) is 12.5. The van der Waals surface area contributed by atoms with Gasteiger partial charge in [0.25, 0.3) is 5.91 Å². The standard InChI is InChI=1S/C20H25N3O3/c1-11(2)25-18-8-14-12(7-15(18)19(21)24)5-6-23-20(14)26-17-4-3-13-9-22-10-16(13)17/h5-8,11,13,16-17,22H,3-4,9-10H2,1-2H3,(H2,21,24). The predicted octanol–water partition coefficient (Wildman–Crippen LogP) is 2.50. The van der Waals surface area contributed by atoms with E-state index in [2.05, 4.69) is 10.3 Å². The lowest BCUT2D eigenvalue weighted by molar-refractivity contribution is 0.0994. The Morgan fingerprint density at radius 2 is 2.15 bits per heavy atom. The molecule has 6 nitrogen and oxygen atoms in total. The number of pyridine rings is 1. The molecule has 1 saturated carbocycles. The molecule has 0 radical (unpaired) electrons. The van der Waals surface area contributed by atoms with Crippen molar-refractivity contribution in [2.45, 2.75) is 38.9 Å². The molecule has 0 spiro atoms. The maximum absolute atomic E-state index is 11.8. The molecule has 2 aromatic rings. The summed E-state index contributed by atoms with van der Waals surface area (Å²) < 4.78 is 12.2. The maximum atomic E-state index is 11.8. The summed E-state index contributed by atoms with van der Waals surface area (Å²) in [4.78, 5) is 16.3. The summed E-state index contributed by atoms with van der Waals surface area (Å²) in [6, 6.07) is 5.46. The minimum atomic E-state index is -0.502. The summed E-state index contributed by atoms with van der Waals surface area (Å²) in [6.45, 7) is 5.93. The van der Waals surface area contributed by atoms with Crippen LogP contribution in [0.3, 0.4) is 0 Å². The van der Waals surface area contributed by atoms with Gasteiger partial charge in [-0.3, -0.25) is 4.79 Å². The van der Waals surface area contributed by atoms with Gasteiger partial charge in [0.2, 0.25) is 5.88 Å². The van der Waals surface area contributed by atoms with Gasteiger partial charge in [0.05, 0.1) is 11.7 Å². The van der Waals surface area contributed by atoms with Crippen molar-refractivity contribution >= 4 is 16.7 Å². The molecule has 2 aliphatic rings. The number of primary amides is 1. The Balaban J connectivity index is 1.72. The molecule has 3 unspecified atom stereocenters. The number of hydrogen-bond acceptors (Lipinski definition) is 5. The summed E-state index contributed by atoms with van der Waals surface area (Å²) in [5, 5.41) is 5.18. The first-order valence-electron chi connectivity index (χ1n) is 9.29. The number of nitrogens with two attached hydrogens (primary N) is 1. The first kappa shape index (κ1) is 17.1. The lowest BCUT2D eigenvalue weighted by Gasteiger charge is -2.21. The van der Waals surface area contributed by atoms with Gasteiger partial charge < -0.3 is 20.5 Å². The summed E-state index contributed by atoms with van der Waals surface area (Å²) in [7, 11) is 0. The molecule has 1 aromatic heterocycles. The zero-order valence-electron chi connectivity index (χ0n) is 15.2. The van der Waals surface area contributed by atoms with E-state index >= 15 is 0 Å². The molecule has 138 valence electrons. The van der Waals surface area contributed by atoms with Crippen LogP contribution < -0.4 is 20.5 Å². The largest absolute Gasteiger partial charge is 0.490 e. The Labute approximate surface area is 153 Å². The van der Waals surface area contributed by atoms with Crippen LogP contribution in [0.2, 0.25) is 0 Å². The van der Waals surface area contributed by atoms with Gasteiger partial charge >= 0.3 is 0 Å². The van der Waals surface area contributed by atoms with Crippen molar-refractivity contribution in [3.8, 4) is 11.6 Å². The van der Waals surface area contributed by atoms with Crippen molar-refractivity contribution < 1.29 is 14.3 Å². The molecule has 1 amide bonds. The molecule has 6 heteroatoms. The van der Waals surface area contributed by atoms with Crippen LogP contribution in [0.15, 0.2) is 24.4 Å². The van der Waals surface area contributed by atoms with Gasteiger partial charge in [-0.25, -0.2) is 4.98 Å². The second kappa shape index (κ2) is 6.76. The van der Waals surface area contributed by atoms with Crippen molar-refractivity contribution in [2.24, 2.45) is 17.6 Å². The van der Waals surface area contributed by atoms with Crippen LogP contribution >= 0.6 is 0 Å². The zero-order valence-corrected chi connectivity index (χ0v) is 15.2. The van der Waals surface area contributed by atoms with E-state index in [1.54, 1.807) is 12.3 Å². The molecule has 2 heterocycles. The summed E-state index contributed by atoms with van der Waals surface area (Å²) >= 11 is 0. The molecule has 26 heavy (non-hydrogen) atoms. The number of amides is 1. The molecular weight excluding hydrogens is 330 g/mol. The third-order valence-corrected chi connectivity index (χ3v) is 5.41. The molecule has 1 saturated heterocycles. The highest BCUT2D eigenvalue weighted by Gasteiger charge is 2.40. The second-order valence-electron chi connectivity index (χ2n) is 7.53. The van der Waals surface area contributed by atoms with E-state index in [9.17, 15) is 4.79 Å². The van der Waals surface area contributed by atoms with Crippen molar-refractivity contribution in [3.63, 3.8) is 0 Å². The van der Waals surface area contributed by atoms with E-state index in [-0.39, 0.29) is 12.2 Å². The Morgan fingerprint density at radius 3 is 2.92 bits per heavy atom. The topological polar surface area (TPSA) is 86.5 Å². The smallest absolute Gasteiger partial charge is 0.252 e. The van der Waals surface area contributed by atoms with E-state index in [0.29, 0.717) is 29.0 Å². The maximum Gasteiger partial charge on any atom is 0.252 e. The van der Waals surface area contributed by atoms with Crippen LogP contribution in [0.5, 0.6) is 11.6 Å². The number of rotatable bonds is 5. The van der Waals surface area contributed by atoms with Crippen LogP contribution in [-0.4, -0.2) is 36.2 Å². The number of hydrogen-bond donors (Lipinski definition) is 2. The molecule has 1 aromatic carbocycles. The highest BCUT2D eigenvalue weighted by atomic mass is 16.5. The molecule has 4 rings (SSSR count).